The number of aryl methyl sites for hydroxylation is 1. The molecule has 1 N–H and O–H groups in total. The van der Waals surface area contributed by atoms with Gasteiger partial charge in [-0.05, 0) is 12.3 Å². The van der Waals surface area contributed by atoms with Crippen molar-refractivity contribution in [2.24, 2.45) is 19.5 Å². The SMILES string of the molecule is CCN(CCNC(=O)c1cn(C)c(=O)n1C)C(=O)CC(C)(C)CC(F)F. The fourth-order valence-electron chi connectivity index (χ4n) is 2.74. The first-order valence-corrected chi connectivity index (χ1v) is 8.55. The van der Waals surface area contributed by atoms with Crippen molar-refractivity contribution in [2.45, 2.75) is 40.0 Å². The fraction of sp³-hybridized carbons (Fsp3) is 0.706. The van der Waals surface area contributed by atoms with Gasteiger partial charge in [0.15, 0.2) is 0 Å². The van der Waals surface area contributed by atoms with E-state index >= 15 is 0 Å². The number of amides is 2. The maximum absolute atomic E-state index is 12.6. The molecule has 0 saturated heterocycles. The summed E-state index contributed by atoms with van der Waals surface area (Å²) in [4.78, 5) is 37.7. The second-order valence-electron chi connectivity index (χ2n) is 7.13. The number of hydrogen-bond donors (Lipinski definition) is 1. The van der Waals surface area contributed by atoms with Crippen molar-refractivity contribution in [2.75, 3.05) is 19.6 Å². The minimum atomic E-state index is -2.45. The monoisotopic (exact) mass is 374 g/mol. The van der Waals surface area contributed by atoms with Crippen LogP contribution < -0.4 is 11.0 Å². The van der Waals surface area contributed by atoms with Crippen molar-refractivity contribution in [1.82, 2.24) is 19.4 Å². The van der Waals surface area contributed by atoms with Crippen molar-refractivity contribution in [3.05, 3.63) is 22.4 Å². The highest BCUT2D eigenvalue weighted by Crippen LogP contribution is 2.29. The van der Waals surface area contributed by atoms with E-state index in [0.717, 1.165) is 0 Å². The lowest BCUT2D eigenvalue weighted by Crippen LogP contribution is -2.40. The Morgan fingerprint density at radius 2 is 1.92 bits per heavy atom. The van der Waals surface area contributed by atoms with Crippen LogP contribution in [0.5, 0.6) is 0 Å². The van der Waals surface area contributed by atoms with Crippen molar-refractivity contribution < 1.29 is 18.4 Å². The Morgan fingerprint density at radius 1 is 1.31 bits per heavy atom. The smallest absolute Gasteiger partial charge is 0.328 e. The van der Waals surface area contributed by atoms with Gasteiger partial charge in [0.2, 0.25) is 12.3 Å². The van der Waals surface area contributed by atoms with Gasteiger partial charge in [0.1, 0.15) is 5.69 Å². The molecule has 0 atom stereocenters. The molecule has 0 aliphatic heterocycles. The maximum Gasteiger partial charge on any atom is 0.328 e. The number of rotatable bonds is 9. The molecule has 1 rings (SSSR count). The van der Waals surface area contributed by atoms with Crippen LogP contribution >= 0.6 is 0 Å². The first-order chi connectivity index (χ1) is 12.0. The summed E-state index contributed by atoms with van der Waals surface area (Å²) in [5, 5.41) is 2.67. The third kappa shape index (κ3) is 5.96. The van der Waals surface area contributed by atoms with Gasteiger partial charge in [-0.1, -0.05) is 13.8 Å². The zero-order valence-electron chi connectivity index (χ0n) is 16.0. The predicted molar refractivity (Wildman–Crippen MR) is 94.3 cm³/mol. The van der Waals surface area contributed by atoms with Crippen LogP contribution in [0.1, 0.15) is 44.1 Å². The van der Waals surface area contributed by atoms with E-state index in [9.17, 15) is 23.2 Å². The Morgan fingerprint density at radius 3 is 2.38 bits per heavy atom. The normalized spacial score (nSPS) is 11.7. The van der Waals surface area contributed by atoms with E-state index in [4.69, 9.17) is 0 Å². The van der Waals surface area contributed by atoms with E-state index in [1.807, 2.05) is 0 Å². The van der Waals surface area contributed by atoms with Crippen LogP contribution in [-0.2, 0) is 18.9 Å². The van der Waals surface area contributed by atoms with Gasteiger partial charge in [-0.2, -0.15) is 0 Å². The predicted octanol–water partition coefficient (Wildman–Crippen LogP) is 1.37. The highest BCUT2D eigenvalue weighted by atomic mass is 19.3. The molecule has 0 unspecified atom stereocenters. The standard InChI is InChI=1S/C17H28F2N4O3/c1-6-23(14(24)10-17(2,3)9-13(18)19)8-7-20-15(25)12-11-21(4)16(26)22(12)5/h11,13H,6-10H2,1-5H3,(H,20,25). The fourth-order valence-corrected chi connectivity index (χ4v) is 2.74. The third-order valence-electron chi connectivity index (χ3n) is 4.24. The number of halogens is 2. The molecule has 0 fully saturated rings. The quantitative estimate of drug-likeness (QED) is 0.709. The summed E-state index contributed by atoms with van der Waals surface area (Å²) < 4.78 is 27.7. The molecular formula is C17H28F2N4O3. The first-order valence-electron chi connectivity index (χ1n) is 8.55. The molecule has 0 aromatic carbocycles. The summed E-state index contributed by atoms with van der Waals surface area (Å²) in [6.07, 6.45) is -1.33. The number of likely N-dealkylation sites (N-methyl/N-ethyl adjacent to an activating group) is 1. The summed E-state index contributed by atoms with van der Waals surface area (Å²) in [7, 11) is 3.06. The highest BCUT2D eigenvalue weighted by molar-refractivity contribution is 5.92. The van der Waals surface area contributed by atoms with Crippen LogP contribution in [0, 0.1) is 5.41 Å². The minimum Gasteiger partial charge on any atom is -0.349 e. The van der Waals surface area contributed by atoms with Crippen LogP contribution in [0.3, 0.4) is 0 Å². The third-order valence-corrected chi connectivity index (χ3v) is 4.24. The minimum absolute atomic E-state index is 0.0202. The average molecular weight is 374 g/mol. The highest BCUT2D eigenvalue weighted by Gasteiger charge is 2.28. The zero-order valence-corrected chi connectivity index (χ0v) is 16.0. The van der Waals surface area contributed by atoms with Gasteiger partial charge in [0.25, 0.3) is 5.91 Å². The molecule has 0 aliphatic rings. The molecule has 0 radical (unpaired) electrons. The van der Waals surface area contributed by atoms with Crippen molar-refractivity contribution >= 4 is 11.8 Å². The molecule has 1 aromatic rings. The molecule has 9 heteroatoms. The van der Waals surface area contributed by atoms with Crippen LogP contribution in [0.4, 0.5) is 8.78 Å². The molecule has 0 bridgehead atoms. The van der Waals surface area contributed by atoms with Crippen LogP contribution in [0.15, 0.2) is 11.0 Å². The average Bonchev–Trinajstić information content (AvgIpc) is 2.77. The number of nitrogens with one attached hydrogen (secondary N) is 1. The number of nitrogens with zero attached hydrogens (tertiary/aromatic N) is 3. The zero-order chi connectivity index (χ0) is 20.1. The molecule has 1 aromatic heterocycles. The lowest BCUT2D eigenvalue weighted by molar-refractivity contribution is -0.133. The van der Waals surface area contributed by atoms with E-state index in [1.165, 1.54) is 27.3 Å². The van der Waals surface area contributed by atoms with E-state index in [2.05, 4.69) is 5.32 Å². The summed E-state index contributed by atoms with van der Waals surface area (Å²) in [5.74, 6) is -0.633. The Hall–Kier alpha value is -2.19. The number of hydrogen-bond acceptors (Lipinski definition) is 3. The second kappa shape index (κ2) is 8.95. The van der Waals surface area contributed by atoms with E-state index < -0.39 is 17.7 Å². The number of alkyl halides is 2. The summed E-state index contributed by atoms with van der Waals surface area (Å²) in [6, 6.07) is 0. The summed E-state index contributed by atoms with van der Waals surface area (Å²) >= 11 is 0. The van der Waals surface area contributed by atoms with E-state index in [-0.39, 0.29) is 43.2 Å². The van der Waals surface area contributed by atoms with E-state index in [0.29, 0.717) is 6.54 Å². The number of imidazole rings is 1. The van der Waals surface area contributed by atoms with Gasteiger partial charge in [-0.3, -0.25) is 14.2 Å². The Balaban J connectivity index is 2.58. The lowest BCUT2D eigenvalue weighted by atomic mass is 9.85. The molecule has 0 spiro atoms. The van der Waals surface area contributed by atoms with Crippen molar-refractivity contribution in [3.63, 3.8) is 0 Å². The first kappa shape index (κ1) is 21.9. The second-order valence-corrected chi connectivity index (χ2v) is 7.13. The lowest BCUT2D eigenvalue weighted by Gasteiger charge is -2.28. The van der Waals surface area contributed by atoms with Gasteiger partial charge in [-0.25, -0.2) is 13.6 Å². The molecule has 0 aliphatic carbocycles. The van der Waals surface area contributed by atoms with Gasteiger partial charge in [-0.15, -0.1) is 0 Å². The number of carbonyl (C=O) groups excluding carboxylic acids is 2. The van der Waals surface area contributed by atoms with Crippen molar-refractivity contribution in [3.8, 4) is 0 Å². The number of carbonyl (C=O) groups is 2. The van der Waals surface area contributed by atoms with Crippen LogP contribution in [0.25, 0.3) is 0 Å². The molecule has 7 nitrogen and oxygen atoms in total. The topological polar surface area (TPSA) is 76.3 Å². The van der Waals surface area contributed by atoms with Crippen LogP contribution in [0.2, 0.25) is 0 Å². The molecule has 1 heterocycles. The Labute approximate surface area is 152 Å². The molecule has 0 saturated carbocycles. The van der Waals surface area contributed by atoms with Crippen molar-refractivity contribution in [1.29, 1.82) is 0 Å². The van der Waals surface area contributed by atoms with E-state index in [1.54, 1.807) is 27.8 Å². The molecule has 2 amide bonds. The Kier molecular flexibility index (Phi) is 7.53. The van der Waals surface area contributed by atoms with Gasteiger partial charge < -0.3 is 14.8 Å². The molecule has 148 valence electrons. The molecule has 26 heavy (non-hydrogen) atoms. The van der Waals surface area contributed by atoms with Gasteiger partial charge in [0, 0.05) is 52.8 Å². The van der Waals surface area contributed by atoms with Crippen LogP contribution in [-0.4, -0.2) is 51.9 Å². The Bertz CT molecular complexity index is 695. The summed E-state index contributed by atoms with van der Waals surface area (Å²) in [5.41, 5.74) is -0.865. The summed E-state index contributed by atoms with van der Waals surface area (Å²) in [6.45, 7) is 5.97. The van der Waals surface area contributed by atoms with Gasteiger partial charge in [0.05, 0.1) is 0 Å². The maximum atomic E-state index is 12.6. The van der Waals surface area contributed by atoms with Gasteiger partial charge >= 0.3 is 5.69 Å². The molecular weight excluding hydrogens is 346 g/mol. The number of aromatic nitrogens is 2. The largest absolute Gasteiger partial charge is 0.349 e.